The Labute approximate surface area is 409 Å². The summed E-state index contributed by atoms with van der Waals surface area (Å²) in [5.41, 5.74) is 23.9. The van der Waals surface area contributed by atoms with Gasteiger partial charge in [0.05, 0.1) is 5.69 Å². The van der Waals surface area contributed by atoms with Crippen LogP contribution in [0.3, 0.4) is 0 Å². The first-order valence-corrected chi connectivity index (χ1v) is 24.7. The largest absolute Gasteiger partial charge is 0.310 e. The first-order valence-electron chi connectivity index (χ1n) is 24.7. The molecule has 68 heavy (non-hydrogen) atoms. The second-order valence-electron chi connectivity index (χ2n) is 24.1. The van der Waals surface area contributed by atoms with Crippen molar-refractivity contribution in [2.75, 3.05) is 4.90 Å². The molecule has 8 aromatic carbocycles. The summed E-state index contributed by atoms with van der Waals surface area (Å²) in [6, 6.07) is 67.0. The van der Waals surface area contributed by atoms with E-state index in [2.05, 4.69) is 278 Å². The molecule has 0 fully saturated rings. The van der Waals surface area contributed by atoms with Crippen molar-refractivity contribution in [3.8, 4) is 55.6 Å². The molecule has 0 radical (unpaired) electrons. The molecule has 8 aromatic rings. The molecule has 1 heteroatoms. The van der Waals surface area contributed by atoms with Gasteiger partial charge < -0.3 is 4.90 Å². The molecule has 0 amide bonds. The maximum Gasteiger partial charge on any atom is 0.0540 e. The van der Waals surface area contributed by atoms with E-state index in [-0.39, 0.29) is 27.1 Å². The first-order chi connectivity index (χ1) is 32.0. The van der Waals surface area contributed by atoms with Crippen LogP contribution in [0.4, 0.5) is 17.1 Å². The lowest BCUT2D eigenvalue weighted by Crippen LogP contribution is -2.17. The minimum Gasteiger partial charge on any atom is -0.310 e. The molecule has 1 aliphatic carbocycles. The van der Waals surface area contributed by atoms with Gasteiger partial charge in [0.15, 0.2) is 0 Å². The second kappa shape index (κ2) is 17.0. The number of hydrogen-bond donors (Lipinski definition) is 0. The van der Waals surface area contributed by atoms with Gasteiger partial charge in [-0.05, 0) is 148 Å². The minimum atomic E-state index is -0.134. The monoisotopic (exact) mass is 890 g/mol. The van der Waals surface area contributed by atoms with Crippen molar-refractivity contribution in [1.82, 2.24) is 0 Å². The molecule has 1 nitrogen and oxygen atoms in total. The molecule has 0 heterocycles. The quantitative estimate of drug-likeness (QED) is 0.154. The van der Waals surface area contributed by atoms with E-state index in [9.17, 15) is 0 Å². The van der Waals surface area contributed by atoms with Gasteiger partial charge in [-0.15, -0.1) is 0 Å². The van der Waals surface area contributed by atoms with E-state index in [0.717, 1.165) is 17.1 Å². The fourth-order valence-electron chi connectivity index (χ4n) is 10.1. The summed E-state index contributed by atoms with van der Waals surface area (Å²) >= 11 is 0. The summed E-state index contributed by atoms with van der Waals surface area (Å²) in [6.07, 6.45) is 0. The predicted molar refractivity (Wildman–Crippen MR) is 295 cm³/mol. The molecule has 0 saturated heterocycles. The Hall–Kier alpha value is -6.44. The van der Waals surface area contributed by atoms with Crippen molar-refractivity contribution < 1.29 is 0 Å². The van der Waals surface area contributed by atoms with Crippen molar-refractivity contribution in [2.45, 2.75) is 124 Å². The third-order valence-electron chi connectivity index (χ3n) is 14.4. The lowest BCUT2D eigenvalue weighted by molar-refractivity contribution is 0.569. The van der Waals surface area contributed by atoms with Crippen molar-refractivity contribution in [3.05, 3.63) is 209 Å². The maximum absolute atomic E-state index is 2.49. The SMILES string of the molecule is CC(C)(C)c1cc(-c2cccc(-c3cccc(N(c4ccc5c(c4)C(C)(C)c4ccccc4-5)c4ccccc4-c4cccc(C(C)(C)C)c4)c3)c2)cc(-c2cc(C(C)(C)C)cc(C(C)(C)C)c2)c1. The van der Waals surface area contributed by atoms with Gasteiger partial charge in [-0.1, -0.05) is 230 Å². The van der Waals surface area contributed by atoms with E-state index in [4.69, 9.17) is 0 Å². The first kappa shape index (κ1) is 46.7. The maximum atomic E-state index is 2.49. The highest BCUT2D eigenvalue weighted by Gasteiger charge is 2.36. The van der Waals surface area contributed by atoms with Gasteiger partial charge in [-0.3, -0.25) is 0 Å². The molecule has 0 aliphatic heterocycles. The fourth-order valence-corrected chi connectivity index (χ4v) is 10.1. The average Bonchev–Trinajstić information content (AvgIpc) is 3.53. The minimum absolute atomic E-state index is 0.0246. The molecule has 0 N–H and O–H groups in total. The van der Waals surface area contributed by atoms with Crippen molar-refractivity contribution in [3.63, 3.8) is 0 Å². The third-order valence-corrected chi connectivity index (χ3v) is 14.4. The standard InChI is InChI=1S/C67H71N/c1-63(2,3)51-26-20-25-47(36-51)57-28-16-18-31-62(57)68(56-32-33-59-58-29-15-17-30-60(58)67(13,14)61(59)43-56)55-27-21-24-46(41-55)44-22-19-23-45(34-44)48-35-49(38-52(37-48)64(4,5)6)50-39-53(65(7,8)9)42-54(40-50)66(10,11)12/h15-43H,1-14H3. The molecule has 0 bridgehead atoms. The van der Waals surface area contributed by atoms with E-state index < -0.39 is 0 Å². The topological polar surface area (TPSA) is 3.24 Å². The Kier molecular flexibility index (Phi) is 11.6. The zero-order valence-electron chi connectivity index (χ0n) is 43.2. The Balaban J connectivity index is 1.19. The lowest BCUT2D eigenvalue weighted by Gasteiger charge is -2.30. The van der Waals surface area contributed by atoms with Gasteiger partial charge >= 0.3 is 0 Å². The molecule has 1 aliphatic rings. The van der Waals surface area contributed by atoms with Crippen LogP contribution in [-0.2, 0) is 27.1 Å². The van der Waals surface area contributed by atoms with E-state index in [1.165, 1.54) is 89.0 Å². The Morgan fingerprint density at radius 2 is 0.721 bits per heavy atom. The zero-order valence-corrected chi connectivity index (χ0v) is 43.2. The summed E-state index contributed by atoms with van der Waals surface area (Å²) in [6.45, 7) is 32.6. The van der Waals surface area contributed by atoms with Gasteiger partial charge in [0.25, 0.3) is 0 Å². The van der Waals surface area contributed by atoms with Gasteiger partial charge in [0, 0.05) is 22.4 Å². The molecule has 0 saturated carbocycles. The van der Waals surface area contributed by atoms with Gasteiger partial charge in [0.2, 0.25) is 0 Å². The summed E-state index contributed by atoms with van der Waals surface area (Å²) in [4.78, 5) is 2.49. The normalized spacial score (nSPS) is 13.6. The highest BCUT2D eigenvalue weighted by molar-refractivity contribution is 5.92. The third kappa shape index (κ3) is 9.01. The molecule has 0 atom stereocenters. The summed E-state index contributed by atoms with van der Waals surface area (Å²) in [5, 5.41) is 0. The van der Waals surface area contributed by atoms with E-state index >= 15 is 0 Å². The van der Waals surface area contributed by atoms with E-state index in [1.807, 2.05) is 0 Å². The molecular weight excluding hydrogens is 819 g/mol. The van der Waals surface area contributed by atoms with Crippen LogP contribution in [-0.4, -0.2) is 0 Å². The van der Waals surface area contributed by atoms with Crippen LogP contribution >= 0.6 is 0 Å². The Morgan fingerprint density at radius 1 is 0.294 bits per heavy atom. The van der Waals surface area contributed by atoms with E-state index in [1.54, 1.807) is 0 Å². The van der Waals surface area contributed by atoms with Gasteiger partial charge in [-0.2, -0.15) is 0 Å². The van der Waals surface area contributed by atoms with Crippen molar-refractivity contribution in [2.24, 2.45) is 0 Å². The molecule has 0 unspecified atom stereocenters. The number of fused-ring (bicyclic) bond motifs is 3. The lowest BCUT2D eigenvalue weighted by atomic mass is 9.78. The van der Waals surface area contributed by atoms with Gasteiger partial charge in [-0.25, -0.2) is 0 Å². The van der Waals surface area contributed by atoms with Crippen LogP contribution in [0, 0.1) is 0 Å². The molecule has 0 aromatic heterocycles. The average molecular weight is 890 g/mol. The summed E-state index contributed by atoms with van der Waals surface area (Å²) in [5.74, 6) is 0. The van der Waals surface area contributed by atoms with Crippen molar-refractivity contribution >= 4 is 17.1 Å². The number of rotatable bonds is 7. The van der Waals surface area contributed by atoms with E-state index in [0.29, 0.717) is 0 Å². The van der Waals surface area contributed by atoms with Crippen LogP contribution in [0.1, 0.15) is 130 Å². The highest BCUT2D eigenvalue weighted by atomic mass is 15.1. The fraction of sp³-hybridized carbons (Fsp3) is 0.284. The highest BCUT2D eigenvalue weighted by Crippen LogP contribution is 2.52. The number of para-hydroxylation sites is 1. The summed E-state index contributed by atoms with van der Waals surface area (Å²) in [7, 11) is 0. The van der Waals surface area contributed by atoms with Crippen LogP contribution in [0.2, 0.25) is 0 Å². The Bertz CT molecular complexity index is 3150. The van der Waals surface area contributed by atoms with Crippen LogP contribution in [0.15, 0.2) is 176 Å². The molecule has 344 valence electrons. The zero-order chi connectivity index (χ0) is 48.6. The van der Waals surface area contributed by atoms with Crippen LogP contribution in [0.5, 0.6) is 0 Å². The number of nitrogens with zero attached hydrogens (tertiary/aromatic N) is 1. The van der Waals surface area contributed by atoms with Gasteiger partial charge in [0.1, 0.15) is 0 Å². The number of hydrogen-bond acceptors (Lipinski definition) is 1. The van der Waals surface area contributed by atoms with Crippen LogP contribution in [0.25, 0.3) is 55.6 Å². The molecule has 0 spiro atoms. The summed E-state index contributed by atoms with van der Waals surface area (Å²) < 4.78 is 0. The van der Waals surface area contributed by atoms with Crippen LogP contribution < -0.4 is 4.90 Å². The predicted octanol–water partition coefficient (Wildman–Crippen LogP) is 19.3. The molecule has 9 rings (SSSR count). The Morgan fingerprint density at radius 3 is 1.35 bits per heavy atom. The smallest absolute Gasteiger partial charge is 0.0540 e. The number of benzene rings is 8. The molecular formula is C67H71N. The second-order valence-corrected chi connectivity index (χ2v) is 24.1. The number of anilines is 3. The van der Waals surface area contributed by atoms with Crippen molar-refractivity contribution in [1.29, 1.82) is 0 Å².